The highest BCUT2D eigenvalue weighted by molar-refractivity contribution is 6.34. The van der Waals surface area contributed by atoms with Crippen molar-refractivity contribution in [2.75, 3.05) is 5.32 Å². The summed E-state index contributed by atoms with van der Waals surface area (Å²) in [5.41, 5.74) is 4.34. The van der Waals surface area contributed by atoms with E-state index >= 15 is 0 Å². The summed E-state index contributed by atoms with van der Waals surface area (Å²) in [7, 11) is 0. The van der Waals surface area contributed by atoms with Gasteiger partial charge in [-0.3, -0.25) is 4.99 Å². The molecule has 0 bridgehead atoms. The Morgan fingerprint density at radius 1 is 1.39 bits per heavy atom. The highest BCUT2D eigenvalue weighted by atomic mass is 35.5. The zero-order chi connectivity index (χ0) is 13.9. The summed E-state index contributed by atoms with van der Waals surface area (Å²) in [5, 5.41) is 2.33. The van der Waals surface area contributed by atoms with Gasteiger partial charge in [0, 0.05) is 6.04 Å². The molecule has 0 saturated carbocycles. The molecule has 0 unspecified atom stereocenters. The van der Waals surface area contributed by atoms with Crippen LogP contribution in [0.15, 0.2) is 23.2 Å². The molecule has 3 nitrogen and oxygen atoms in total. The van der Waals surface area contributed by atoms with Crippen LogP contribution in [-0.2, 0) is 6.18 Å². The van der Waals surface area contributed by atoms with E-state index in [-0.39, 0.29) is 22.7 Å². The van der Waals surface area contributed by atoms with Crippen LogP contribution in [0.25, 0.3) is 0 Å². The minimum atomic E-state index is -4.51. The predicted octanol–water partition coefficient (Wildman–Crippen LogP) is 3.49. The number of benzene rings is 1. The molecule has 0 aromatic heterocycles. The minimum Gasteiger partial charge on any atom is -0.370 e. The summed E-state index contributed by atoms with van der Waals surface area (Å²) in [6.45, 7) is 3.51. The van der Waals surface area contributed by atoms with E-state index in [4.69, 9.17) is 17.3 Å². The number of nitrogens with zero attached hydrogens (tertiary/aromatic N) is 1. The zero-order valence-electron chi connectivity index (χ0n) is 9.85. The van der Waals surface area contributed by atoms with Crippen molar-refractivity contribution < 1.29 is 13.2 Å². The first kappa shape index (κ1) is 14.6. The summed E-state index contributed by atoms with van der Waals surface area (Å²) in [4.78, 5) is 3.89. The minimum absolute atomic E-state index is 0.0632. The molecule has 3 N–H and O–H groups in total. The van der Waals surface area contributed by atoms with E-state index in [1.165, 1.54) is 12.1 Å². The maximum atomic E-state index is 12.8. The first-order chi connectivity index (χ1) is 8.21. The van der Waals surface area contributed by atoms with Crippen LogP contribution >= 0.6 is 11.6 Å². The normalized spacial score (nSPS) is 12.9. The molecule has 100 valence electrons. The fourth-order valence-corrected chi connectivity index (χ4v) is 1.55. The zero-order valence-corrected chi connectivity index (χ0v) is 10.6. The summed E-state index contributed by atoms with van der Waals surface area (Å²) in [5.74, 6) is -0.108. The lowest BCUT2D eigenvalue weighted by atomic mass is 10.1. The van der Waals surface area contributed by atoms with Crippen molar-refractivity contribution in [2.45, 2.75) is 26.1 Å². The average molecular weight is 280 g/mol. The third kappa shape index (κ3) is 3.80. The Balaban J connectivity index is 3.16. The number of nitrogens with two attached hydrogens (primary N) is 1. The Morgan fingerprint density at radius 3 is 2.50 bits per heavy atom. The van der Waals surface area contributed by atoms with Gasteiger partial charge in [-0.25, -0.2) is 0 Å². The van der Waals surface area contributed by atoms with Crippen LogP contribution in [0.2, 0.25) is 5.02 Å². The van der Waals surface area contributed by atoms with Crippen LogP contribution in [0.3, 0.4) is 0 Å². The van der Waals surface area contributed by atoms with Crippen molar-refractivity contribution in [3.63, 3.8) is 0 Å². The molecule has 0 aliphatic carbocycles. The van der Waals surface area contributed by atoms with Crippen molar-refractivity contribution in [1.29, 1.82) is 0 Å². The second-order valence-corrected chi connectivity index (χ2v) is 4.30. The lowest BCUT2D eigenvalue weighted by Crippen LogP contribution is -2.26. The lowest BCUT2D eigenvalue weighted by Gasteiger charge is -2.15. The number of hydrogen-bond acceptors (Lipinski definition) is 1. The molecule has 0 atom stereocenters. The van der Waals surface area contributed by atoms with Gasteiger partial charge < -0.3 is 11.1 Å². The molecule has 0 aliphatic rings. The number of nitrogens with one attached hydrogen (secondary N) is 1. The maximum absolute atomic E-state index is 12.8. The number of rotatable bonds is 2. The second kappa shape index (κ2) is 5.48. The molecule has 1 aromatic carbocycles. The molecular formula is C11H13ClF3N3. The van der Waals surface area contributed by atoms with E-state index in [1.54, 1.807) is 13.8 Å². The molecule has 0 fully saturated rings. The number of halogens is 4. The van der Waals surface area contributed by atoms with Gasteiger partial charge in [-0.1, -0.05) is 17.7 Å². The van der Waals surface area contributed by atoms with Crippen molar-refractivity contribution in [3.8, 4) is 0 Å². The molecule has 0 amide bonds. The summed E-state index contributed by atoms with van der Waals surface area (Å²) in [6.07, 6.45) is -4.51. The fourth-order valence-electron chi connectivity index (χ4n) is 1.33. The van der Waals surface area contributed by atoms with Gasteiger partial charge in [0.15, 0.2) is 5.96 Å². The molecule has 7 heteroatoms. The second-order valence-electron chi connectivity index (χ2n) is 3.89. The van der Waals surface area contributed by atoms with Gasteiger partial charge in [0.05, 0.1) is 16.3 Å². The smallest absolute Gasteiger partial charge is 0.370 e. The molecule has 1 aromatic rings. The summed E-state index contributed by atoms with van der Waals surface area (Å²) < 4.78 is 38.3. The van der Waals surface area contributed by atoms with Crippen LogP contribution in [0.4, 0.5) is 18.9 Å². The highest BCUT2D eigenvalue weighted by Crippen LogP contribution is 2.38. The Morgan fingerprint density at radius 2 is 2.00 bits per heavy atom. The van der Waals surface area contributed by atoms with Gasteiger partial charge in [-0.2, -0.15) is 13.2 Å². The van der Waals surface area contributed by atoms with E-state index in [0.29, 0.717) is 0 Å². The molecule has 0 heterocycles. The SMILES string of the molecule is CC(C)N=C(N)Nc1c(Cl)cccc1C(F)(F)F. The number of para-hydroxylation sites is 1. The van der Waals surface area contributed by atoms with E-state index in [9.17, 15) is 13.2 Å². The monoisotopic (exact) mass is 279 g/mol. The first-order valence-corrected chi connectivity index (χ1v) is 5.55. The van der Waals surface area contributed by atoms with E-state index < -0.39 is 11.7 Å². The van der Waals surface area contributed by atoms with Gasteiger partial charge >= 0.3 is 6.18 Å². The van der Waals surface area contributed by atoms with Crippen molar-refractivity contribution >= 4 is 23.2 Å². The third-order valence-corrected chi connectivity index (χ3v) is 2.28. The quantitative estimate of drug-likeness (QED) is 0.643. The largest absolute Gasteiger partial charge is 0.418 e. The van der Waals surface area contributed by atoms with E-state index in [0.717, 1.165) is 6.07 Å². The predicted molar refractivity (Wildman–Crippen MR) is 66.8 cm³/mol. The Hall–Kier alpha value is -1.43. The van der Waals surface area contributed by atoms with Gasteiger partial charge in [-0.15, -0.1) is 0 Å². The molecule has 18 heavy (non-hydrogen) atoms. The van der Waals surface area contributed by atoms with E-state index in [1.807, 2.05) is 0 Å². The molecule has 0 saturated heterocycles. The van der Waals surface area contributed by atoms with Gasteiger partial charge in [0.2, 0.25) is 0 Å². The fraction of sp³-hybridized carbons (Fsp3) is 0.364. The van der Waals surface area contributed by atoms with Crippen molar-refractivity contribution in [3.05, 3.63) is 28.8 Å². The van der Waals surface area contributed by atoms with Crippen LogP contribution < -0.4 is 11.1 Å². The summed E-state index contributed by atoms with van der Waals surface area (Å²) in [6, 6.07) is 3.37. The summed E-state index contributed by atoms with van der Waals surface area (Å²) >= 11 is 5.74. The molecule has 0 spiro atoms. The van der Waals surface area contributed by atoms with Crippen LogP contribution in [0, 0.1) is 0 Å². The molecule has 1 rings (SSSR count). The standard InChI is InChI=1S/C11H13ClF3N3/c1-6(2)17-10(16)18-9-7(11(13,14)15)4-3-5-8(9)12/h3-6H,1-2H3,(H3,16,17,18). The van der Waals surface area contributed by atoms with Crippen LogP contribution in [0.5, 0.6) is 0 Å². The van der Waals surface area contributed by atoms with Crippen molar-refractivity contribution in [1.82, 2.24) is 0 Å². The number of aliphatic imine (C=N–C) groups is 1. The maximum Gasteiger partial charge on any atom is 0.418 e. The van der Waals surface area contributed by atoms with Crippen LogP contribution in [-0.4, -0.2) is 12.0 Å². The number of anilines is 1. The Labute approximate surface area is 108 Å². The number of guanidine groups is 1. The van der Waals surface area contributed by atoms with Gasteiger partial charge in [-0.05, 0) is 26.0 Å². The third-order valence-electron chi connectivity index (χ3n) is 1.97. The highest BCUT2D eigenvalue weighted by Gasteiger charge is 2.34. The average Bonchev–Trinajstić information content (AvgIpc) is 2.18. The lowest BCUT2D eigenvalue weighted by molar-refractivity contribution is -0.136. The van der Waals surface area contributed by atoms with Crippen molar-refractivity contribution in [2.24, 2.45) is 10.7 Å². The van der Waals surface area contributed by atoms with E-state index in [2.05, 4.69) is 10.3 Å². The Kier molecular flexibility index (Phi) is 4.45. The van der Waals surface area contributed by atoms with Gasteiger partial charge in [0.25, 0.3) is 0 Å². The topological polar surface area (TPSA) is 50.4 Å². The number of alkyl halides is 3. The molecular weight excluding hydrogens is 267 g/mol. The first-order valence-electron chi connectivity index (χ1n) is 5.18. The number of hydrogen-bond donors (Lipinski definition) is 2. The molecule has 0 radical (unpaired) electrons. The molecule has 0 aliphatic heterocycles. The van der Waals surface area contributed by atoms with Crippen LogP contribution in [0.1, 0.15) is 19.4 Å². The Bertz CT molecular complexity index is 455. The van der Waals surface area contributed by atoms with Gasteiger partial charge in [0.1, 0.15) is 0 Å².